The first-order valence-corrected chi connectivity index (χ1v) is 11.5. The van der Waals surface area contributed by atoms with Gasteiger partial charge in [0.1, 0.15) is 6.61 Å². The molecule has 1 fully saturated rings. The fourth-order valence-electron chi connectivity index (χ4n) is 3.12. The Hall–Kier alpha value is -3.69. The number of carbonyl (C=O) groups excluding carboxylic acids is 2. The molecule has 0 unspecified atom stereocenters. The van der Waals surface area contributed by atoms with E-state index in [9.17, 15) is 9.59 Å². The number of nitrogens with one attached hydrogen (secondary N) is 1. The van der Waals surface area contributed by atoms with Gasteiger partial charge >= 0.3 is 0 Å². The van der Waals surface area contributed by atoms with Gasteiger partial charge in [0.25, 0.3) is 11.8 Å². The van der Waals surface area contributed by atoms with E-state index in [1.54, 1.807) is 43.6 Å². The van der Waals surface area contributed by atoms with Crippen molar-refractivity contribution in [3.63, 3.8) is 0 Å². The highest BCUT2D eigenvalue weighted by atomic mass is 32.2. The van der Waals surface area contributed by atoms with Gasteiger partial charge in [-0.25, -0.2) is 0 Å². The number of aryl methyl sites for hydroxylation is 1. The quantitative estimate of drug-likeness (QED) is 0.384. The number of ether oxygens (including phenoxy) is 2. The monoisotopic (exact) mass is 491 g/mol. The van der Waals surface area contributed by atoms with Gasteiger partial charge in [-0.2, -0.15) is 5.01 Å². The van der Waals surface area contributed by atoms with Crippen LogP contribution in [-0.4, -0.2) is 33.2 Å². The molecule has 0 saturated carbocycles. The van der Waals surface area contributed by atoms with Crippen molar-refractivity contribution in [1.29, 1.82) is 0 Å². The summed E-state index contributed by atoms with van der Waals surface area (Å²) in [7, 11) is 1.56. The molecular formula is C25H21N3O4S2. The number of hydrazine groups is 1. The molecule has 0 aliphatic carbocycles. The summed E-state index contributed by atoms with van der Waals surface area (Å²) in [5.41, 5.74) is 5.83. The summed E-state index contributed by atoms with van der Waals surface area (Å²) in [6.45, 7) is 2.44. The summed E-state index contributed by atoms with van der Waals surface area (Å²) in [5.74, 6) is 0.256. The fraction of sp³-hybridized carbons (Fsp3) is 0.120. The average Bonchev–Trinajstić information content (AvgIpc) is 3.11. The number of hydrogen-bond donors (Lipinski definition) is 1. The lowest BCUT2D eigenvalue weighted by Crippen LogP contribution is -2.44. The Morgan fingerprint density at radius 1 is 1.18 bits per heavy atom. The lowest BCUT2D eigenvalue weighted by Gasteiger charge is -2.15. The lowest BCUT2D eigenvalue weighted by molar-refractivity contribution is -0.123. The number of aromatic nitrogens is 1. The first-order chi connectivity index (χ1) is 16.4. The van der Waals surface area contributed by atoms with Crippen LogP contribution in [0.1, 0.15) is 27.0 Å². The average molecular weight is 492 g/mol. The highest BCUT2D eigenvalue weighted by Gasteiger charge is 2.33. The molecule has 1 aliphatic heterocycles. The third kappa shape index (κ3) is 5.44. The minimum Gasteiger partial charge on any atom is -0.493 e. The number of thiocarbonyl (C=S) groups is 1. The Morgan fingerprint density at radius 2 is 1.97 bits per heavy atom. The fourth-order valence-corrected chi connectivity index (χ4v) is 4.30. The SMILES string of the molecule is COc1cc(/C=C2\SC(=S)N(NC(=O)c3cccnc3)C2=O)ccc1OCc1ccc(C)cc1. The molecule has 1 aromatic heterocycles. The number of amides is 2. The highest BCUT2D eigenvalue weighted by Crippen LogP contribution is 2.34. The van der Waals surface area contributed by atoms with E-state index < -0.39 is 11.8 Å². The molecule has 0 bridgehead atoms. The van der Waals surface area contributed by atoms with E-state index in [1.165, 1.54) is 11.8 Å². The van der Waals surface area contributed by atoms with E-state index in [1.807, 2.05) is 37.3 Å². The molecule has 0 spiro atoms. The third-order valence-electron chi connectivity index (χ3n) is 4.93. The maximum Gasteiger partial charge on any atom is 0.285 e. The smallest absolute Gasteiger partial charge is 0.285 e. The third-order valence-corrected chi connectivity index (χ3v) is 6.23. The van der Waals surface area contributed by atoms with E-state index in [-0.39, 0.29) is 4.32 Å². The van der Waals surface area contributed by atoms with Crippen LogP contribution in [0.2, 0.25) is 0 Å². The predicted molar refractivity (Wildman–Crippen MR) is 135 cm³/mol. The van der Waals surface area contributed by atoms with Crippen molar-refractivity contribution >= 4 is 46.2 Å². The van der Waals surface area contributed by atoms with Crippen LogP contribution in [-0.2, 0) is 11.4 Å². The number of carbonyl (C=O) groups is 2. The number of nitrogens with zero attached hydrogens (tertiary/aromatic N) is 2. The number of methoxy groups -OCH3 is 1. The first-order valence-electron chi connectivity index (χ1n) is 10.3. The van der Waals surface area contributed by atoms with Crippen molar-refractivity contribution in [1.82, 2.24) is 15.4 Å². The maximum atomic E-state index is 12.9. The van der Waals surface area contributed by atoms with E-state index in [0.29, 0.717) is 28.6 Å². The molecule has 2 heterocycles. The first kappa shape index (κ1) is 23.5. The molecule has 1 saturated heterocycles. The molecule has 172 valence electrons. The minimum atomic E-state index is -0.470. The molecule has 0 atom stereocenters. The van der Waals surface area contributed by atoms with E-state index in [4.69, 9.17) is 21.7 Å². The largest absolute Gasteiger partial charge is 0.493 e. The number of hydrogen-bond acceptors (Lipinski definition) is 7. The Bertz CT molecular complexity index is 1260. The molecular weight excluding hydrogens is 470 g/mol. The molecule has 1 aliphatic rings. The van der Waals surface area contributed by atoms with Gasteiger partial charge in [-0.1, -0.05) is 47.7 Å². The molecule has 2 amide bonds. The lowest BCUT2D eigenvalue weighted by atomic mass is 10.1. The Labute approximate surface area is 206 Å². The van der Waals surface area contributed by atoms with Crippen LogP contribution in [0.3, 0.4) is 0 Å². The summed E-state index contributed by atoms with van der Waals surface area (Å²) >= 11 is 6.40. The normalized spacial score (nSPS) is 14.4. The minimum absolute atomic E-state index is 0.235. The van der Waals surface area contributed by atoms with Gasteiger partial charge in [-0.3, -0.25) is 20.0 Å². The van der Waals surface area contributed by atoms with Crippen molar-refractivity contribution < 1.29 is 19.1 Å². The summed E-state index contributed by atoms with van der Waals surface area (Å²) < 4.78 is 11.6. The van der Waals surface area contributed by atoms with Gasteiger partial charge in [-0.15, -0.1) is 0 Å². The number of thioether (sulfide) groups is 1. The molecule has 9 heteroatoms. The highest BCUT2D eigenvalue weighted by molar-refractivity contribution is 8.26. The van der Waals surface area contributed by atoms with Crippen LogP contribution in [0.15, 0.2) is 71.9 Å². The number of pyridine rings is 1. The van der Waals surface area contributed by atoms with Crippen LogP contribution in [0.5, 0.6) is 11.5 Å². The molecule has 3 aromatic rings. The zero-order valence-electron chi connectivity index (χ0n) is 18.5. The van der Waals surface area contributed by atoms with E-state index >= 15 is 0 Å². The standard InChI is InChI=1S/C25H21N3O4S2/c1-16-5-7-17(8-6-16)15-32-20-10-9-18(12-21(20)31-2)13-22-24(30)28(25(33)34-22)27-23(29)19-4-3-11-26-14-19/h3-14H,15H2,1-2H3,(H,27,29)/b22-13-. The second-order valence-corrected chi connectivity index (χ2v) is 9.06. The van der Waals surface area contributed by atoms with Gasteiger partial charge in [0.2, 0.25) is 0 Å². The van der Waals surface area contributed by atoms with Crippen molar-refractivity contribution in [3.8, 4) is 11.5 Å². The summed E-state index contributed by atoms with van der Waals surface area (Å²) in [4.78, 5) is 29.5. The zero-order valence-corrected chi connectivity index (χ0v) is 20.1. The van der Waals surface area contributed by atoms with Gasteiger partial charge < -0.3 is 9.47 Å². The van der Waals surface area contributed by atoms with Crippen molar-refractivity contribution in [3.05, 3.63) is 94.1 Å². The second-order valence-electron chi connectivity index (χ2n) is 7.38. The molecule has 1 N–H and O–H groups in total. The molecule has 2 aromatic carbocycles. The summed E-state index contributed by atoms with van der Waals surface area (Å²) in [6, 6.07) is 16.8. The molecule has 0 radical (unpaired) electrons. The van der Waals surface area contributed by atoms with Gasteiger partial charge in [0, 0.05) is 12.4 Å². The summed E-state index contributed by atoms with van der Waals surface area (Å²) in [6.07, 6.45) is 4.67. The maximum absolute atomic E-state index is 12.9. The van der Waals surface area contributed by atoms with Crippen molar-refractivity contribution in [2.45, 2.75) is 13.5 Å². The summed E-state index contributed by atoms with van der Waals surface area (Å²) in [5, 5.41) is 1.07. The van der Waals surface area contributed by atoms with Crippen molar-refractivity contribution in [2.75, 3.05) is 7.11 Å². The van der Waals surface area contributed by atoms with E-state index in [2.05, 4.69) is 10.4 Å². The van der Waals surface area contributed by atoms with Gasteiger partial charge in [-0.05, 0) is 60.6 Å². The van der Waals surface area contributed by atoms with Crippen LogP contribution >= 0.6 is 24.0 Å². The Balaban J connectivity index is 1.46. The second kappa shape index (κ2) is 10.5. The van der Waals surface area contributed by atoms with Crippen LogP contribution in [0.4, 0.5) is 0 Å². The van der Waals surface area contributed by atoms with Crippen LogP contribution in [0.25, 0.3) is 6.08 Å². The van der Waals surface area contributed by atoms with E-state index in [0.717, 1.165) is 27.9 Å². The topological polar surface area (TPSA) is 80.8 Å². The molecule has 7 nitrogen and oxygen atoms in total. The predicted octanol–water partition coefficient (Wildman–Crippen LogP) is 4.52. The van der Waals surface area contributed by atoms with Crippen LogP contribution in [0, 0.1) is 6.92 Å². The zero-order chi connectivity index (χ0) is 24.1. The molecule has 4 rings (SSSR count). The van der Waals surface area contributed by atoms with Gasteiger partial charge in [0.05, 0.1) is 17.6 Å². The number of rotatable bonds is 7. The Kier molecular flexibility index (Phi) is 7.24. The number of benzene rings is 2. The van der Waals surface area contributed by atoms with Gasteiger partial charge in [0.15, 0.2) is 15.8 Å². The van der Waals surface area contributed by atoms with Crippen molar-refractivity contribution in [2.24, 2.45) is 0 Å². The van der Waals surface area contributed by atoms with Crippen LogP contribution < -0.4 is 14.9 Å². The Morgan fingerprint density at radius 3 is 2.68 bits per heavy atom. The molecule has 34 heavy (non-hydrogen) atoms.